The van der Waals surface area contributed by atoms with Gasteiger partial charge in [-0.25, -0.2) is 15.0 Å². The number of nitrogens with zero attached hydrogens (tertiary/aromatic N) is 3. The first kappa shape index (κ1) is 37.5. The van der Waals surface area contributed by atoms with Crippen LogP contribution < -0.4 is 0 Å². The molecule has 0 N–H and O–H groups in total. The molecule has 1 aliphatic carbocycles. The van der Waals surface area contributed by atoms with Crippen LogP contribution >= 0.6 is 0 Å². The van der Waals surface area contributed by atoms with Gasteiger partial charge < -0.3 is 4.42 Å². The molecule has 64 heavy (non-hydrogen) atoms. The smallest absolute Gasteiger partial charge is 0.164 e. The topological polar surface area (TPSA) is 51.8 Å². The molecule has 0 amide bonds. The molecule has 0 fully saturated rings. The Bertz CT molecular complexity index is 3550. The van der Waals surface area contributed by atoms with Gasteiger partial charge in [0.1, 0.15) is 11.2 Å². The van der Waals surface area contributed by atoms with Gasteiger partial charge in [-0.2, -0.15) is 0 Å². The summed E-state index contributed by atoms with van der Waals surface area (Å²) in [5, 5.41) is 1.98. The Hall–Kier alpha value is -8.21. The van der Waals surface area contributed by atoms with E-state index in [4.69, 9.17) is 19.4 Å². The van der Waals surface area contributed by atoms with Gasteiger partial charge in [0.25, 0.3) is 0 Å². The van der Waals surface area contributed by atoms with Crippen molar-refractivity contribution < 1.29 is 4.42 Å². The van der Waals surface area contributed by atoms with Gasteiger partial charge in [0.05, 0.1) is 0 Å². The summed E-state index contributed by atoms with van der Waals surface area (Å²) < 4.78 is 6.55. The zero-order valence-electron chi connectivity index (χ0n) is 35.5. The fourth-order valence-electron chi connectivity index (χ4n) is 9.67. The third-order valence-corrected chi connectivity index (χ3v) is 13.0. The predicted molar refractivity (Wildman–Crippen MR) is 263 cm³/mol. The summed E-state index contributed by atoms with van der Waals surface area (Å²) in [6.07, 6.45) is 0. The molecule has 0 spiro atoms. The zero-order chi connectivity index (χ0) is 42.8. The van der Waals surface area contributed by atoms with E-state index >= 15 is 0 Å². The predicted octanol–water partition coefficient (Wildman–Crippen LogP) is 15.7. The highest BCUT2D eigenvalue weighted by molar-refractivity contribution is 6.13. The second kappa shape index (κ2) is 15.0. The van der Waals surface area contributed by atoms with Crippen molar-refractivity contribution in [3.8, 4) is 89.8 Å². The maximum Gasteiger partial charge on any atom is 0.164 e. The van der Waals surface area contributed by atoms with Crippen LogP contribution in [0.1, 0.15) is 25.0 Å². The summed E-state index contributed by atoms with van der Waals surface area (Å²) in [5.74, 6) is 1.79. The van der Waals surface area contributed by atoms with Gasteiger partial charge in [-0.05, 0) is 91.0 Å². The van der Waals surface area contributed by atoms with E-state index in [1.807, 2.05) is 30.3 Å². The highest BCUT2D eigenvalue weighted by atomic mass is 16.3. The molecule has 2 heterocycles. The van der Waals surface area contributed by atoms with Gasteiger partial charge in [-0.15, -0.1) is 0 Å². The van der Waals surface area contributed by atoms with Crippen LogP contribution in [-0.4, -0.2) is 15.0 Å². The average Bonchev–Trinajstić information content (AvgIpc) is 3.85. The molecular formula is C60H41N3O. The monoisotopic (exact) mass is 819 g/mol. The zero-order valence-corrected chi connectivity index (χ0v) is 35.5. The van der Waals surface area contributed by atoms with Crippen LogP contribution in [0.5, 0.6) is 0 Å². The quantitative estimate of drug-likeness (QED) is 0.161. The van der Waals surface area contributed by atoms with E-state index in [0.717, 1.165) is 72.0 Å². The minimum absolute atomic E-state index is 0.0469. The molecule has 302 valence electrons. The van der Waals surface area contributed by atoms with Crippen molar-refractivity contribution >= 4 is 21.9 Å². The fraction of sp³-hybridized carbons (Fsp3) is 0.0500. The maximum absolute atomic E-state index is 6.55. The summed E-state index contributed by atoms with van der Waals surface area (Å²) in [4.78, 5) is 15.7. The molecule has 12 rings (SSSR count). The number of rotatable bonds is 7. The Morgan fingerprint density at radius 2 is 0.797 bits per heavy atom. The van der Waals surface area contributed by atoms with E-state index in [9.17, 15) is 0 Å². The molecule has 0 saturated carbocycles. The van der Waals surface area contributed by atoms with Gasteiger partial charge in [0, 0.05) is 32.9 Å². The van der Waals surface area contributed by atoms with Crippen molar-refractivity contribution in [3.05, 3.63) is 223 Å². The lowest BCUT2D eigenvalue weighted by Gasteiger charge is -2.22. The van der Waals surface area contributed by atoms with Crippen molar-refractivity contribution in [3.63, 3.8) is 0 Å². The summed E-state index contributed by atoms with van der Waals surface area (Å²) in [6, 6.07) is 74.9. The highest BCUT2D eigenvalue weighted by Gasteiger charge is 2.35. The molecule has 0 aliphatic heterocycles. The molecule has 4 heteroatoms. The van der Waals surface area contributed by atoms with Crippen LogP contribution in [0.3, 0.4) is 0 Å². The molecule has 0 bridgehead atoms. The number of aromatic nitrogens is 3. The second-order valence-electron chi connectivity index (χ2n) is 17.2. The number of furan rings is 1. The minimum atomic E-state index is -0.0469. The molecule has 0 saturated heterocycles. The minimum Gasteiger partial charge on any atom is -0.456 e. The Labute approximate surface area is 372 Å². The van der Waals surface area contributed by atoms with Crippen molar-refractivity contribution in [2.45, 2.75) is 19.3 Å². The second-order valence-corrected chi connectivity index (χ2v) is 17.2. The number of hydrogen-bond donors (Lipinski definition) is 0. The van der Waals surface area contributed by atoms with Crippen LogP contribution in [0.2, 0.25) is 0 Å². The highest BCUT2D eigenvalue weighted by Crippen LogP contribution is 2.49. The summed E-state index contributed by atoms with van der Waals surface area (Å²) in [6.45, 7) is 4.67. The summed E-state index contributed by atoms with van der Waals surface area (Å²) in [5.41, 5.74) is 18.8. The first-order valence-corrected chi connectivity index (χ1v) is 21.8. The van der Waals surface area contributed by atoms with Crippen molar-refractivity contribution in [1.82, 2.24) is 15.0 Å². The molecule has 11 aromatic rings. The molecule has 0 radical (unpaired) electrons. The Morgan fingerprint density at radius 1 is 0.312 bits per heavy atom. The summed E-state index contributed by atoms with van der Waals surface area (Å²) >= 11 is 0. The number of hydrogen-bond acceptors (Lipinski definition) is 4. The normalized spacial score (nSPS) is 12.7. The van der Waals surface area contributed by atoms with E-state index in [1.54, 1.807) is 0 Å². The van der Waals surface area contributed by atoms with E-state index < -0.39 is 0 Å². The van der Waals surface area contributed by atoms with Gasteiger partial charge in [-0.3, -0.25) is 0 Å². The lowest BCUT2D eigenvalue weighted by Crippen LogP contribution is -2.14. The molecule has 2 aromatic heterocycles. The van der Waals surface area contributed by atoms with E-state index in [1.165, 1.54) is 33.4 Å². The average molecular weight is 820 g/mol. The maximum atomic E-state index is 6.55. The van der Waals surface area contributed by atoms with Gasteiger partial charge in [-0.1, -0.05) is 202 Å². The largest absolute Gasteiger partial charge is 0.456 e. The SMILES string of the molecule is CC1(C)c2ccccc2-c2ccc(-c3ccc(-c4ccc5oc6cccc(-c7nc(-c8ccc(-c9ccccc9)cc8)nc(-c8ccccc8-c8ccccc8)n7)c6c5c4)cc3)cc21. The fourth-order valence-corrected chi connectivity index (χ4v) is 9.67. The lowest BCUT2D eigenvalue weighted by atomic mass is 9.81. The van der Waals surface area contributed by atoms with Crippen LogP contribution in [0.25, 0.3) is 112 Å². The Morgan fingerprint density at radius 3 is 1.52 bits per heavy atom. The third kappa shape index (κ3) is 6.34. The first-order valence-electron chi connectivity index (χ1n) is 21.8. The van der Waals surface area contributed by atoms with Crippen LogP contribution in [0, 0.1) is 0 Å². The Kier molecular flexibility index (Phi) is 8.80. The van der Waals surface area contributed by atoms with Gasteiger partial charge >= 0.3 is 0 Å². The molecule has 4 nitrogen and oxygen atoms in total. The van der Waals surface area contributed by atoms with Crippen LogP contribution in [0.4, 0.5) is 0 Å². The molecule has 9 aromatic carbocycles. The molecule has 0 atom stereocenters. The standard InChI is InChI=1S/C60H41N3O/c1-60(2)52-22-12-11-19-47(52)48-34-32-45(37-53(48)60)41-26-24-40(25-27-41)44-33-35-54-51(36-44)56-50(21-13-23-55(56)64-54)59-62-57(43-30-28-39(29-31-43)38-14-5-3-6-15-38)61-58(63-59)49-20-10-9-18-46(49)42-16-7-4-8-17-42/h3-37H,1-2H3. The van der Waals surface area contributed by atoms with Gasteiger partial charge in [0.2, 0.25) is 0 Å². The first-order chi connectivity index (χ1) is 31.5. The number of benzene rings is 9. The van der Waals surface area contributed by atoms with E-state index in [0.29, 0.717) is 17.5 Å². The van der Waals surface area contributed by atoms with Crippen LogP contribution in [0.15, 0.2) is 217 Å². The van der Waals surface area contributed by atoms with Crippen molar-refractivity contribution in [2.24, 2.45) is 0 Å². The molecule has 0 unspecified atom stereocenters. The Balaban J connectivity index is 0.958. The molecular weight excluding hydrogens is 779 g/mol. The van der Waals surface area contributed by atoms with Crippen molar-refractivity contribution in [2.75, 3.05) is 0 Å². The number of fused-ring (bicyclic) bond motifs is 6. The third-order valence-electron chi connectivity index (χ3n) is 13.0. The van der Waals surface area contributed by atoms with E-state index in [2.05, 4.69) is 196 Å². The lowest BCUT2D eigenvalue weighted by molar-refractivity contribution is 0.660. The van der Waals surface area contributed by atoms with Crippen LogP contribution in [-0.2, 0) is 5.41 Å². The molecule has 1 aliphatic rings. The van der Waals surface area contributed by atoms with E-state index in [-0.39, 0.29) is 5.41 Å². The van der Waals surface area contributed by atoms with Crippen molar-refractivity contribution in [1.29, 1.82) is 0 Å². The van der Waals surface area contributed by atoms with Gasteiger partial charge in [0.15, 0.2) is 17.5 Å². The summed E-state index contributed by atoms with van der Waals surface area (Å²) in [7, 11) is 0.